The zero-order valence-electron chi connectivity index (χ0n) is 22.0. The number of rotatable bonds is 6. The van der Waals surface area contributed by atoms with Gasteiger partial charge in [0, 0.05) is 34.0 Å². The van der Waals surface area contributed by atoms with E-state index in [1.807, 2.05) is 54.6 Å². The van der Waals surface area contributed by atoms with Crippen LogP contribution >= 0.6 is 0 Å². The number of methoxy groups -OCH3 is 1. The number of benzene rings is 3. The molecule has 0 saturated heterocycles. The fraction of sp³-hybridized carbons (Fsp3) is 0.219. The molecular formula is C32H32N6O. The first-order valence-corrected chi connectivity index (χ1v) is 13.4. The standard InChI is InChI=1S/C32H32N6O/c1-39-30-10-6-5-9-24(30)29-19-31(38-32(34)37-29)35-23-15-16-27-25(17-23)26(33)18-28(36-27)22-13-11-21(12-14-22)20-7-3-2-4-8-20/h5-6,9-20H,2-4,7-8H2,1H3,(H2,33,36)(H3,34,35,37,38). The molecule has 39 heavy (non-hydrogen) atoms. The normalized spacial score (nSPS) is 13.9. The van der Waals surface area contributed by atoms with Crippen molar-refractivity contribution in [2.45, 2.75) is 38.0 Å². The molecule has 0 radical (unpaired) electrons. The second-order valence-corrected chi connectivity index (χ2v) is 10.1. The average molecular weight is 517 g/mol. The second-order valence-electron chi connectivity index (χ2n) is 10.1. The number of aromatic nitrogens is 3. The van der Waals surface area contributed by atoms with Crippen LogP contribution in [-0.4, -0.2) is 22.1 Å². The minimum atomic E-state index is 0.169. The van der Waals surface area contributed by atoms with Gasteiger partial charge in [-0.2, -0.15) is 4.98 Å². The van der Waals surface area contributed by atoms with Gasteiger partial charge in [0.2, 0.25) is 5.95 Å². The fourth-order valence-electron chi connectivity index (χ4n) is 5.51. The van der Waals surface area contributed by atoms with Crippen LogP contribution in [0.2, 0.25) is 0 Å². The van der Waals surface area contributed by atoms with Gasteiger partial charge in [0.1, 0.15) is 11.6 Å². The Bertz CT molecular complexity index is 1630. The van der Waals surface area contributed by atoms with Gasteiger partial charge < -0.3 is 21.5 Å². The Kier molecular flexibility index (Phi) is 6.71. The van der Waals surface area contributed by atoms with E-state index >= 15 is 0 Å². The van der Waals surface area contributed by atoms with Gasteiger partial charge in [-0.3, -0.25) is 0 Å². The summed E-state index contributed by atoms with van der Waals surface area (Å²) >= 11 is 0. The van der Waals surface area contributed by atoms with Crippen molar-refractivity contribution in [3.05, 3.63) is 84.4 Å². The Balaban J connectivity index is 1.26. The Morgan fingerprint density at radius 1 is 0.795 bits per heavy atom. The van der Waals surface area contributed by atoms with Crippen LogP contribution in [0, 0.1) is 0 Å². The van der Waals surface area contributed by atoms with Gasteiger partial charge in [-0.15, -0.1) is 0 Å². The van der Waals surface area contributed by atoms with Crippen molar-refractivity contribution < 1.29 is 4.74 Å². The van der Waals surface area contributed by atoms with E-state index in [0.29, 0.717) is 28.9 Å². The van der Waals surface area contributed by atoms with Crippen LogP contribution in [0.1, 0.15) is 43.6 Å². The van der Waals surface area contributed by atoms with Crippen molar-refractivity contribution in [1.82, 2.24) is 15.0 Å². The van der Waals surface area contributed by atoms with Crippen molar-refractivity contribution in [1.29, 1.82) is 0 Å². The van der Waals surface area contributed by atoms with Crippen LogP contribution < -0.4 is 21.5 Å². The predicted octanol–water partition coefficient (Wildman–Crippen LogP) is 7.32. The highest BCUT2D eigenvalue weighted by molar-refractivity contribution is 5.95. The minimum Gasteiger partial charge on any atom is -0.496 e. The number of hydrogen-bond acceptors (Lipinski definition) is 7. The summed E-state index contributed by atoms with van der Waals surface area (Å²) in [6.45, 7) is 0. The van der Waals surface area contributed by atoms with Crippen molar-refractivity contribution in [2.75, 3.05) is 23.9 Å². The predicted molar refractivity (Wildman–Crippen MR) is 159 cm³/mol. The molecule has 7 nitrogen and oxygen atoms in total. The molecule has 1 fully saturated rings. The molecule has 2 heterocycles. The number of pyridine rings is 1. The van der Waals surface area contributed by atoms with E-state index in [1.54, 1.807) is 7.11 Å². The van der Waals surface area contributed by atoms with Gasteiger partial charge >= 0.3 is 0 Å². The van der Waals surface area contributed by atoms with Crippen LogP contribution in [0.25, 0.3) is 33.4 Å². The number of fused-ring (bicyclic) bond motifs is 1. The summed E-state index contributed by atoms with van der Waals surface area (Å²) in [7, 11) is 1.63. The molecule has 1 aliphatic rings. The number of anilines is 4. The molecule has 0 atom stereocenters. The summed E-state index contributed by atoms with van der Waals surface area (Å²) in [6, 6.07) is 26.2. The van der Waals surface area contributed by atoms with Gasteiger partial charge in [-0.05, 0) is 60.7 Å². The van der Waals surface area contributed by atoms with Crippen molar-refractivity contribution in [3.8, 4) is 28.3 Å². The molecule has 6 rings (SSSR count). The molecule has 1 aliphatic carbocycles. The number of nitrogens with one attached hydrogen (secondary N) is 1. The molecule has 0 aliphatic heterocycles. The van der Waals surface area contributed by atoms with Gasteiger partial charge in [-0.25, -0.2) is 9.97 Å². The fourth-order valence-corrected chi connectivity index (χ4v) is 5.51. The molecule has 0 bridgehead atoms. The number of para-hydroxylation sites is 1. The highest BCUT2D eigenvalue weighted by Gasteiger charge is 2.16. The Morgan fingerprint density at radius 3 is 2.38 bits per heavy atom. The SMILES string of the molecule is COc1ccccc1-c1cc(Nc2ccc3nc(-c4ccc(C5CCCCC5)cc4)cc(N)c3c2)nc(N)n1. The van der Waals surface area contributed by atoms with Crippen LogP contribution in [0.4, 0.5) is 23.1 Å². The lowest BCUT2D eigenvalue weighted by atomic mass is 9.84. The van der Waals surface area contributed by atoms with E-state index in [4.69, 9.17) is 21.2 Å². The van der Waals surface area contributed by atoms with Gasteiger partial charge in [0.15, 0.2) is 0 Å². The highest BCUT2D eigenvalue weighted by Crippen LogP contribution is 2.35. The Labute approximate surface area is 228 Å². The molecular weight excluding hydrogens is 484 g/mol. The second kappa shape index (κ2) is 10.6. The minimum absolute atomic E-state index is 0.169. The van der Waals surface area contributed by atoms with E-state index in [1.165, 1.54) is 37.7 Å². The van der Waals surface area contributed by atoms with Crippen molar-refractivity contribution >= 4 is 34.0 Å². The maximum absolute atomic E-state index is 6.53. The summed E-state index contributed by atoms with van der Waals surface area (Å²) in [4.78, 5) is 13.7. The first-order valence-electron chi connectivity index (χ1n) is 13.4. The molecule has 0 amide bonds. The molecule has 7 heteroatoms. The third-order valence-corrected chi connectivity index (χ3v) is 7.52. The summed E-state index contributed by atoms with van der Waals surface area (Å²) < 4.78 is 5.49. The average Bonchev–Trinajstić information content (AvgIpc) is 2.97. The first kappa shape index (κ1) is 24.7. The van der Waals surface area contributed by atoms with Crippen molar-refractivity contribution in [3.63, 3.8) is 0 Å². The Morgan fingerprint density at radius 2 is 1.59 bits per heavy atom. The number of ether oxygens (including phenoxy) is 1. The maximum Gasteiger partial charge on any atom is 0.222 e. The Hall–Kier alpha value is -4.65. The largest absolute Gasteiger partial charge is 0.496 e. The number of nitrogens with two attached hydrogens (primary N) is 2. The van der Waals surface area contributed by atoms with Crippen LogP contribution in [-0.2, 0) is 0 Å². The molecule has 0 unspecified atom stereocenters. The lowest BCUT2D eigenvalue weighted by Crippen LogP contribution is -2.04. The molecule has 1 saturated carbocycles. The summed E-state index contributed by atoms with van der Waals surface area (Å²) in [5.74, 6) is 2.14. The lowest BCUT2D eigenvalue weighted by Gasteiger charge is -2.22. The quantitative estimate of drug-likeness (QED) is 0.217. The van der Waals surface area contributed by atoms with E-state index in [2.05, 4.69) is 39.6 Å². The summed E-state index contributed by atoms with van der Waals surface area (Å²) in [5, 5.41) is 4.21. The smallest absolute Gasteiger partial charge is 0.222 e. The molecule has 3 aromatic carbocycles. The monoisotopic (exact) mass is 516 g/mol. The molecule has 0 spiro atoms. The van der Waals surface area contributed by atoms with Crippen LogP contribution in [0.5, 0.6) is 5.75 Å². The maximum atomic E-state index is 6.53. The molecule has 5 aromatic rings. The highest BCUT2D eigenvalue weighted by atomic mass is 16.5. The van der Waals surface area contributed by atoms with Gasteiger partial charge in [-0.1, -0.05) is 55.7 Å². The number of nitrogen functional groups attached to an aromatic ring is 2. The van der Waals surface area contributed by atoms with Crippen molar-refractivity contribution in [2.24, 2.45) is 0 Å². The van der Waals surface area contributed by atoms with Crippen LogP contribution in [0.15, 0.2) is 78.9 Å². The first-order chi connectivity index (χ1) is 19.1. The topological polar surface area (TPSA) is 112 Å². The van der Waals surface area contributed by atoms with Gasteiger partial charge in [0.05, 0.1) is 24.0 Å². The molecule has 2 aromatic heterocycles. The van der Waals surface area contributed by atoms with Crippen LogP contribution in [0.3, 0.4) is 0 Å². The van der Waals surface area contributed by atoms with Gasteiger partial charge in [0.25, 0.3) is 0 Å². The van der Waals surface area contributed by atoms with E-state index < -0.39 is 0 Å². The zero-order valence-corrected chi connectivity index (χ0v) is 22.0. The third-order valence-electron chi connectivity index (χ3n) is 7.52. The van der Waals surface area contributed by atoms with E-state index in [0.717, 1.165) is 33.4 Å². The lowest BCUT2D eigenvalue weighted by molar-refractivity contribution is 0.416. The summed E-state index contributed by atoms with van der Waals surface area (Å²) in [5.41, 5.74) is 19.8. The number of nitrogens with zero attached hydrogens (tertiary/aromatic N) is 3. The molecule has 5 N–H and O–H groups in total. The third kappa shape index (κ3) is 5.21. The van der Waals surface area contributed by atoms with E-state index in [9.17, 15) is 0 Å². The zero-order chi connectivity index (χ0) is 26.8. The molecule has 196 valence electrons. The summed E-state index contributed by atoms with van der Waals surface area (Å²) in [6.07, 6.45) is 6.61. The number of hydrogen-bond donors (Lipinski definition) is 3. The van der Waals surface area contributed by atoms with E-state index in [-0.39, 0.29) is 5.95 Å².